The Labute approximate surface area is 196 Å². The zero-order valence-electron chi connectivity index (χ0n) is 16.8. The smallest absolute Gasteiger partial charge is 0.280 e. The average Bonchev–Trinajstić information content (AvgIpc) is 3.22. The lowest BCUT2D eigenvalue weighted by Gasteiger charge is -2.21. The highest BCUT2D eigenvalue weighted by Crippen LogP contribution is 2.37. The van der Waals surface area contributed by atoms with Crippen LogP contribution < -0.4 is 4.90 Å². The number of benzene rings is 2. The molecule has 3 amide bonds. The van der Waals surface area contributed by atoms with Gasteiger partial charge in [0.1, 0.15) is 10.4 Å². The number of thioether (sulfide) groups is 1. The molecule has 0 aliphatic carbocycles. The quantitative estimate of drug-likeness (QED) is 0.352. The molecule has 2 aromatic rings. The lowest BCUT2D eigenvalue weighted by Crippen LogP contribution is -2.44. The molecule has 33 heavy (non-hydrogen) atoms. The van der Waals surface area contributed by atoms with E-state index in [1.54, 1.807) is 18.2 Å². The van der Waals surface area contributed by atoms with Crippen molar-refractivity contribution in [2.45, 2.75) is 18.6 Å². The first-order valence-corrected chi connectivity index (χ1v) is 10.9. The summed E-state index contributed by atoms with van der Waals surface area (Å²) in [6.07, 6.45) is 0.0501. The van der Waals surface area contributed by atoms with Crippen molar-refractivity contribution in [3.05, 3.63) is 82.8 Å². The van der Waals surface area contributed by atoms with Gasteiger partial charge < -0.3 is 0 Å². The van der Waals surface area contributed by atoms with Crippen LogP contribution in [-0.4, -0.2) is 33.0 Å². The van der Waals surface area contributed by atoms with E-state index < -0.39 is 35.5 Å². The van der Waals surface area contributed by atoms with E-state index in [0.717, 1.165) is 40.4 Å². The summed E-state index contributed by atoms with van der Waals surface area (Å²) in [5.74, 6) is -2.03. The number of hydrogen-bond acceptors (Lipinski definition) is 5. The summed E-state index contributed by atoms with van der Waals surface area (Å²) in [6, 6.07) is 12.1. The summed E-state index contributed by atoms with van der Waals surface area (Å²) in [5.41, 5.74) is -0.255. The number of anilines is 1. The summed E-state index contributed by atoms with van der Waals surface area (Å²) in [6.45, 7) is 0. The molecule has 0 bridgehead atoms. The molecular weight excluding hydrogens is 473 g/mol. The van der Waals surface area contributed by atoms with Gasteiger partial charge in [0.2, 0.25) is 5.91 Å². The Morgan fingerprint density at radius 3 is 2.45 bits per heavy atom. The monoisotopic (exact) mass is 488 g/mol. The zero-order valence-corrected chi connectivity index (χ0v) is 18.4. The van der Waals surface area contributed by atoms with E-state index in [1.807, 2.05) is 30.3 Å². The fourth-order valence-corrected chi connectivity index (χ4v) is 4.79. The number of carbonyl (C=O) groups excluding carboxylic acids is 3. The second kappa shape index (κ2) is 8.95. The standard InChI is InChI=1S/C23H15F3N2O3S2/c24-23(25,26)15-9-5-10-16(12-15)27-19(29)13-17(20(27)30)28-21(31)18(33-22(28)32)11-4-8-14-6-2-1-3-7-14/h1-12,17H,13H2/b8-4+,18-11-/t17-/m1/s1. The maximum Gasteiger partial charge on any atom is 0.416 e. The Morgan fingerprint density at radius 2 is 1.76 bits per heavy atom. The molecule has 2 saturated heterocycles. The summed E-state index contributed by atoms with van der Waals surface area (Å²) in [7, 11) is 0. The van der Waals surface area contributed by atoms with Crippen LogP contribution in [-0.2, 0) is 20.6 Å². The fraction of sp³-hybridized carbons (Fsp3) is 0.130. The van der Waals surface area contributed by atoms with Gasteiger partial charge >= 0.3 is 6.18 Å². The number of nitrogens with zero attached hydrogens (tertiary/aromatic N) is 2. The van der Waals surface area contributed by atoms with E-state index in [2.05, 4.69) is 0 Å². The molecular formula is C23H15F3N2O3S2. The first kappa shape index (κ1) is 22.9. The predicted octanol–water partition coefficient (Wildman–Crippen LogP) is 4.79. The van der Waals surface area contributed by atoms with E-state index >= 15 is 0 Å². The molecule has 2 fully saturated rings. The van der Waals surface area contributed by atoms with Gasteiger partial charge in [0.15, 0.2) is 0 Å². The number of alkyl halides is 3. The number of allylic oxidation sites excluding steroid dienone is 2. The minimum atomic E-state index is -4.63. The summed E-state index contributed by atoms with van der Waals surface area (Å²) >= 11 is 6.26. The first-order valence-electron chi connectivity index (χ1n) is 9.69. The molecule has 0 unspecified atom stereocenters. The summed E-state index contributed by atoms with van der Waals surface area (Å²) in [4.78, 5) is 40.5. The largest absolute Gasteiger partial charge is 0.416 e. The van der Waals surface area contributed by atoms with Gasteiger partial charge in [-0.15, -0.1) is 0 Å². The number of thiocarbonyl (C=S) groups is 1. The molecule has 2 aliphatic rings. The van der Waals surface area contributed by atoms with Crippen LogP contribution in [0.4, 0.5) is 18.9 Å². The first-order chi connectivity index (χ1) is 15.7. The van der Waals surface area contributed by atoms with E-state index in [9.17, 15) is 27.6 Å². The highest BCUT2D eigenvalue weighted by atomic mass is 32.2. The highest BCUT2D eigenvalue weighted by molar-refractivity contribution is 8.26. The van der Waals surface area contributed by atoms with Gasteiger partial charge in [-0.3, -0.25) is 19.3 Å². The van der Waals surface area contributed by atoms with Crippen molar-refractivity contribution in [1.82, 2.24) is 4.90 Å². The second-order valence-corrected chi connectivity index (χ2v) is 8.86. The molecule has 2 heterocycles. The van der Waals surface area contributed by atoms with Crippen LogP contribution in [0.25, 0.3) is 6.08 Å². The third-order valence-electron chi connectivity index (χ3n) is 5.03. The fourth-order valence-electron chi connectivity index (χ4n) is 3.48. The number of rotatable bonds is 4. The summed E-state index contributed by atoms with van der Waals surface area (Å²) < 4.78 is 39.3. The van der Waals surface area contributed by atoms with Crippen LogP contribution in [0.1, 0.15) is 17.5 Å². The Balaban J connectivity index is 1.55. The van der Waals surface area contributed by atoms with Gasteiger partial charge in [-0.25, -0.2) is 4.90 Å². The molecule has 5 nitrogen and oxygen atoms in total. The molecule has 168 valence electrons. The molecule has 10 heteroatoms. The number of amides is 3. The molecule has 0 aromatic heterocycles. The Morgan fingerprint density at radius 1 is 1.03 bits per heavy atom. The van der Waals surface area contributed by atoms with Crippen LogP contribution in [0.3, 0.4) is 0 Å². The predicted molar refractivity (Wildman–Crippen MR) is 123 cm³/mol. The van der Waals surface area contributed by atoms with Crippen molar-refractivity contribution in [3.63, 3.8) is 0 Å². The maximum atomic E-state index is 13.1. The lowest BCUT2D eigenvalue weighted by molar-refractivity contribution is -0.137. The highest BCUT2D eigenvalue weighted by Gasteiger charge is 2.49. The van der Waals surface area contributed by atoms with Crippen LogP contribution in [0.5, 0.6) is 0 Å². The number of hydrogen-bond donors (Lipinski definition) is 0. The molecule has 0 radical (unpaired) electrons. The summed E-state index contributed by atoms with van der Waals surface area (Å²) in [5, 5.41) is 0. The lowest BCUT2D eigenvalue weighted by atomic mass is 10.2. The van der Waals surface area contributed by atoms with Gasteiger partial charge in [0.05, 0.1) is 22.6 Å². The van der Waals surface area contributed by atoms with Gasteiger partial charge in [-0.05, 0) is 29.8 Å². The van der Waals surface area contributed by atoms with E-state index in [0.29, 0.717) is 4.90 Å². The van der Waals surface area contributed by atoms with Crippen LogP contribution in [0.2, 0.25) is 0 Å². The Kier molecular flexibility index (Phi) is 6.22. The normalized spacial score (nSPS) is 20.7. The van der Waals surface area contributed by atoms with Gasteiger partial charge in [-0.1, -0.05) is 72.5 Å². The SMILES string of the molecule is O=C1C[C@@H](N2C(=O)/C(=C/C=C/c3ccccc3)SC2=S)C(=O)N1c1cccc(C(F)(F)F)c1. The van der Waals surface area contributed by atoms with E-state index in [1.165, 1.54) is 6.07 Å². The van der Waals surface area contributed by atoms with Crippen molar-refractivity contribution in [1.29, 1.82) is 0 Å². The molecule has 0 N–H and O–H groups in total. The van der Waals surface area contributed by atoms with Crippen molar-refractivity contribution in [2.24, 2.45) is 0 Å². The third kappa shape index (κ3) is 4.62. The van der Waals surface area contributed by atoms with Gasteiger partial charge in [0, 0.05) is 0 Å². The van der Waals surface area contributed by atoms with Crippen LogP contribution >= 0.6 is 24.0 Å². The van der Waals surface area contributed by atoms with Gasteiger partial charge in [-0.2, -0.15) is 13.2 Å². The number of carbonyl (C=O) groups is 3. The zero-order chi connectivity index (χ0) is 23.8. The number of imide groups is 1. The van der Waals surface area contributed by atoms with Crippen molar-refractivity contribution in [2.75, 3.05) is 4.90 Å². The second-order valence-electron chi connectivity index (χ2n) is 7.18. The third-order valence-corrected chi connectivity index (χ3v) is 6.37. The average molecular weight is 489 g/mol. The minimum Gasteiger partial charge on any atom is -0.280 e. The van der Waals surface area contributed by atoms with Crippen molar-refractivity contribution in [3.8, 4) is 0 Å². The molecule has 0 spiro atoms. The van der Waals surface area contributed by atoms with E-state index in [4.69, 9.17) is 12.2 Å². The Hall–Kier alpha value is -3.24. The molecule has 4 rings (SSSR count). The topological polar surface area (TPSA) is 57.7 Å². The van der Waals surface area contributed by atoms with Crippen molar-refractivity contribution >= 4 is 57.8 Å². The Bertz CT molecular complexity index is 1210. The number of halogens is 3. The maximum absolute atomic E-state index is 13.1. The van der Waals surface area contributed by atoms with Crippen LogP contribution in [0.15, 0.2) is 71.7 Å². The minimum absolute atomic E-state index is 0.108. The van der Waals surface area contributed by atoms with Crippen molar-refractivity contribution < 1.29 is 27.6 Å². The molecule has 0 saturated carbocycles. The van der Waals surface area contributed by atoms with Crippen LogP contribution in [0, 0.1) is 0 Å². The molecule has 1 atom stereocenters. The molecule has 2 aliphatic heterocycles. The van der Waals surface area contributed by atoms with Gasteiger partial charge in [0.25, 0.3) is 11.8 Å². The van der Waals surface area contributed by atoms with E-state index in [-0.39, 0.29) is 21.3 Å². The molecule has 2 aromatic carbocycles.